The largest absolute Gasteiger partial charge is 0.420 e. The van der Waals surface area contributed by atoms with Crippen LogP contribution in [0.3, 0.4) is 0 Å². The molecule has 3 aromatic rings. The molecule has 192 valence electrons. The van der Waals surface area contributed by atoms with E-state index in [-0.39, 0.29) is 40.1 Å². The summed E-state index contributed by atoms with van der Waals surface area (Å²) in [5.41, 5.74) is 4.50. The maximum Gasteiger partial charge on any atom is 0.420 e. The molecule has 1 atom stereocenters. The van der Waals surface area contributed by atoms with Crippen LogP contribution in [0.4, 0.5) is 19.1 Å². The number of anilines is 1. The number of halogens is 3. The molecule has 0 unspecified atom stereocenters. The second-order valence-corrected chi connectivity index (χ2v) is 11.4. The van der Waals surface area contributed by atoms with Gasteiger partial charge in [-0.05, 0) is 25.0 Å². The van der Waals surface area contributed by atoms with Crippen LogP contribution < -0.4 is 11.1 Å². The summed E-state index contributed by atoms with van der Waals surface area (Å²) in [5.74, 6) is -0.834. The molecular weight excluding hydrogens is 519 g/mol. The summed E-state index contributed by atoms with van der Waals surface area (Å²) in [5, 5.41) is 6.86. The summed E-state index contributed by atoms with van der Waals surface area (Å²) >= 11 is 0.967. The van der Waals surface area contributed by atoms with Crippen LogP contribution in [0.25, 0.3) is 10.6 Å². The number of hydrogen-bond acceptors (Lipinski definition) is 8. The molecule has 0 saturated carbocycles. The predicted octanol–water partition coefficient (Wildman–Crippen LogP) is 2.80. The molecule has 15 heteroatoms. The molecule has 1 aliphatic heterocycles. The molecule has 4 rings (SSSR count). The fourth-order valence-corrected chi connectivity index (χ4v) is 6.27. The molecule has 10 nitrogen and oxygen atoms in total. The van der Waals surface area contributed by atoms with Crippen molar-refractivity contribution in [1.29, 1.82) is 0 Å². The van der Waals surface area contributed by atoms with Crippen molar-refractivity contribution in [2.75, 3.05) is 18.4 Å². The second-order valence-electron chi connectivity index (χ2n) is 8.23. The number of aryl methyl sites for hydroxylation is 2. The summed E-state index contributed by atoms with van der Waals surface area (Å²) in [7, 11) is -2.17. The van der Waals surface area contributed by atoms with Crippen molar-refractivity contribution in [1.82, 2.24) is 24.1 Å². The van der Waals surface area contributed by atoms with E-state index in [1.54, 1.807) is 14.0 Å². The maximum absolute atomic E-state index is 13.7. The number of hydrogen-bond donors (Lipinski definition) is 2. The summed E-state index contributed by atoms with van der Waals surface area (Å²) in [6.45, 7) is 5.69. The average Bonchev–Trinajstić information content (AvgIpc) is 3.40. The minimum absolute atomic E-state index is 0.00841. The molecule has 0 radical (unpaired) electrons. The molecule has 3 N–H and O–H groups in total. The number of nitrogens with two attached hydrogens (primary N) is 1. The van der Waals surface area contributed by atoms with E-state index in [9.17, 15) is 26.4 Å². The maximum atomic E-state index is 13.7. The van der Waals surface area contributed by atoms with Gasteiger partial charge < -0.3 is 11.1 Å². The van der Waals surface area contributed by atoms with E-state index in [2.05, 4.69) is 27.0 Å². The number of thiophene rings is 1. The molecule has 1 saturated heterocycles. The number of amides is 1. The van der Waals surface area contributed by atoms with Gasteiger partial charge in [0.1, 0.15) is 10.5 Å². The van der Waals surface area contributed by atoms with E-state index >= 15 is 0 Å². The minimum Gasteiger partial charge on any atom is -0.366 e. The lowest BCUT2D eigenvalue weighted by atomic mass is 10.0. The van der Waals surface area contributed by atoms with Crippen LogP contribution >= 0.6 is 11.3 Å². The first kappa shape index (κ1) is 25.8. The summed E-state index contributed by atoms with van der Waals surface area (Å²) in [6.07, 6.45) is -1.10. The number of carbonyl (C=O) groups excluding carboxylic acids is 1. The smallest absolute Gasteiger partial charge is 0.366 e. The summed E-state index contributed by atoms with van der Waals surface area (Å²) < 4.78 is 69.4. The van der Waals surface area contributed by atoms with Crippen molar-refractivity contribution >= 4 is 33.2 Å². The van der Waals surface area contributed by atoms with Crippen molar-refractivity contribution < 1.29 is 26.4 Å². The predicted molar refractivity (Wildman–Crippen MR) is 127 cm³/mol. The molecule has 3 aromatic heterocycles. The SMILES string of the molecule is C=C1CN(S(=O)(=O)c2cnn(C)c2)CC[C@@H]1Nc1ncc(C(F)(F)F)c(-c2cc(C(N)=O)c(C)s2)n1. The normalized spacial score (nSPS) is 17.4. The molecule has 4 heterocycles. The molecular formula is C21H22F3N7O3S2. The van der Waals surface area contributed by atoms with Gasteiger partial charge in [-0.3, -0.25) is 9.48 Å². The molecule has 1 aliphatic rings. The Morgan fingerprint density at radius 2 is 2.06 bits per heavy atom. The Hall–Kier alpha value is -3.30. The Bertz CT molecular complexity index is 1450. The lowest BCUT2D eigenvalue weighted by molar-refractivity contribution is -0.137. The first-order valence-corrected chi connectivity index (χ1v) is 12.8. The fraction of sp³-hybridized carbons (Fsp3) is 0.333. The highest BCUT2D eigenvalue weighted by Gasteiger charge is 2.37. The standard InChI is InChI=1S/C21H22F3N7O3S2/c1-11-9-31(36(33,34)13-7-27-30(3)10-13)5-4-16(11)28-20-26-8-15(21(22,23)24)18(29-20)17-6-14(19(25)32)12(2)35-17/h6-8,10,16H,1,4-5,9H2,2-3H3,(H2,25,32)(H,26,28,29)/t16-/m0/s1. The van der Waals surface area contributed by atoms with Crippen LogP contribution in [-0.2, 0) is 23.2 Å². The van der Waals surface area contributed by atoms with Gasteiger partial charge in [0.15, 0.2) is 0 Å². The highest BCUT2D eigenvalue weighted by Crippen LogP contribution is 2.39. The molecule has 0 aliphatic carbocycles. The van der Waals surface area contributed by atoms with Crippen molar-refractivity contribution in [3.05, 3.63) is 52.8 Å². The van der Waals surface area contributed by atoms with Gasteiger partial charge in [0.2, 0.25) is 21.9 Å². The van der Waals surface area contributed by atoms with E-state index in [0.717, 1.165) is 11.3 Å². The third-order valence-electron chi connectivity index (χ3n) is 5.67. The number of rotatable bonds is 6. The van der Waals surface area contributed by atoms with E-state index in [1.165, 1.54) is 27.4 Å². The van der Waals surface area contributed by atoms with Crippen LogP contribution in [-0.4, -0.2) is 57.5 Å². The zero-order valence-corrected chi connectivity index (χ0v) is 20.8. The number of sulfonamides is 1. The highest BCUT2D eigenvalue weighted by atomic mass is 32.2. The van der Waals surface area contributed by atoms with Gasteiger partial charge in [-0.2, -0.15) is 22.6 Å². The lowest BCUT2D eigenvalue weighted by Crippen LogP contribution is -2.44. The van der Waals surface area contributed by atoms with Gasteiger partial charge >= 0.3 is 6.18 Å². The second kappa shape index (κ2) is 9.29. The number of primary amides is 1. The molecule has 1 fully saturated rings. The Balaban J connectivity index is 1.58. The number of aromatic nitrogens is 4. The number of nitrogens with zero attached hydrogens (tertiary/aromatic N) is 5. The van der Waals surface area contributed by atoms with Crippen LogP contribution in [0.1, 0.15) is 27.2 Å². The van der Waals surface area contributed by atoms with Crippen molar-refractivity contribution in [2.45, 2.75) is 30.5 Å². The van der Waals surface area contributed by atoms with Crippen molar-refractivity contribution in [2.24, 2.45) is 12.8 Å². The number of piperidine rings is 1. The molecule has 1 amide bonds. The van der Waals surface area contributed by atoms with Gasteiger partial charge in [-0.15, -0.1) is 11.3 Å². The van der Waals surface area contributed by atoms with Gasteiger partial charge in [-0.1, -0.05) is 6.58 Å². The summed E-state index contributed by atoms with van der Waals surface area (Å²) in [6, 6.07) is 0.811. The Morgan fingerprint density at radius 3 is 2.61 bits per heavy atom. The third-order valence-corrected chi connectivity index (χ3v) is 8.53. The zero-order valence-electron chi connectivity index (χ0n) is 19.2. The Labute approximate surface area is 208 Å². The van der Waals surface area contributed by atoms with Gasteiger partial charge in [0.25, 0.3) is 0 Å². The van der Waals surface area contributed by atoms with Crippen molar-refractivity contribution in [3.63, 3.8) is 0 Å². The van der Waals surface area contributed by atoms with Crippen LogP contribution in [0.15, 0.2) is 41.7 Å². The van der Waals surface area contributed by atoms with E-state index in [1.807, 2.05) is 0 Å². The third kappa shape index (κ3) is 4.99. The highest BCUT2D eigenvalue weighted by molar-refractivity contribution is 7.89. The van der Waals surface area contributed by atoms with Crippen LogP contribution in [0, 0.1) is 6.92 Å². The van der Waals surface area contributed by atoms with E-state index in [4.69, 9.17) is 5.73 Å². The van der Waals surface area contributed by atoms with E-state index < -0.39 is 33.7 Å². The number of carbonyl (C=O) groups is 1. The minimum atomic E-state index is -4.73. The Kier molecular flexibility index (Phi) is 6.66. The Morgan fingerprint density at radius 1 is 1.33 bits per heavy atom. The average molecular weight is 542 g/mol. The monoisotopic (exact) mass is 541 g/mol. The molecule has 36 heavy (non-hydrogen) atoms. The summed E-state index contributed by atoms with van der Waals surface area (Å²) in [4.78, 5) is 20.2. The van der Waals surface area contributed by atoms with Gasteiger partial charge in [-0.25, -0.2) is 18.4 Å². The molecule has 0 bridgehead atoms. The topological polar surface area (TPSA) is 136 Å². The van der Waals surface area contributed by atoms with Gasteiger partial charge in [0, 0.05) is 37.4 Å². The van der Waals surface area contributed by atoms with Crippen molar-refractivity contribution in [3.8, 4) is 10.6 Å². The van der Waals surface area contributed by atoms with E-state index in [0.29, 0.717) is 23.1 Å². The lowest BCUT2D eigenvalue weighted by Gasteiger charge is -2.33. The van der Waals surface area contributed by atoms with Gasteiger partial charge in [0.05, 0.1) is 28.4 Å². The molecule has 0 spiro atoms. The van der Waals surface area contributed by atoms with Crippen LogP contribution in [0.5, 0.6) is 0 Å². The van der Waals surface area contributed by atoms with Crippen LogP contribution in [0.2, 0.25) is 0 Å². The fourth-order valence-electron chi connectivity index (χ4n) is 3.80. The first-order valence-electron chi connectivity index (χ1n) is 10.5. The molecule has 0 aromatic carbocycles. The zero-order chi connectivity index (χ0) is 26.4. The number of alkyl halides is 3. The number of nitrogens with one attached hydrogen (secondary N) is 1. The first-order chi connectivity index (χ1) is 16.8. The quantitative estimate of drug-likeness (QED) is 0.458.